The van der Waals surface area contributed by atoms with Crippen molar-refractivity contribution in [1.82, 2.24) is 9.55 Å². The lowest BCUT2D eigenvalue weighted by Gasteiger charge is -2.13. The second-order valence-electron chi connectivity index (χ2n) is 6.53. The van der Waals surface area contributed by atoms with E-state index in [2.05, 4.69) is 0 Å². The Balaban J connectivity index is 1.66. The molecule has 0 spiro atoms. The first-order chi connectivity index (χ1) is 14.6. The van der Waals surface area contributed by atoms with Crippen molar-refractivity contribution in [2.45, 2.75) is 17.5 Å². The predicted octanol–water partition coefficient (Wildman–Crippen LogP) is 4.95. The molecule has 154 valence electrons. The minimum atomic E-state index is -0.410. The third kappa shape index (κ3) is 4.20. The van der Waals surface area contributed by atoms with Gasteiger partial charge < -0.3 is 9.47 Å². The molecule has 4 rings (SSSR count). The highest BCUT2D eigenvalue weighted by atomic mass is 32.2. The summed E-state index contributed by atoms with van der Waals surface area (Å²) in [6, 6.07) is 14.3. The Morgan fingerprint density at radius 1 is 1.07 bits per heavy atom. The first kappa shape index (κ1) is 20.4. The highest BCUT2D eigenvalue weighted by molar-refractivity contribution is 7.98. The minimum absolute atomic E-state index is 0.0748. The molecule has 2 aromatic carbocycles. The molecule has 5 nitrogen and oxygen atoms in total. The molecule has 0 aliphatic heterocycles. The topological polar surface area (TPSA) is 53.4 Å². The van der Waals surface area contributed by atoms with Crippen LogP contribution in [0.5, 0.6) is 11.5 Å². The van der Waals surface area contributed by atoms with Crippen molar-refractivity contribution in [3.8, 4) is 11.5 Å². The number of aromatic nitrogens is 2. The van der Waals surface area contributed by atoms with Crippen molar-refractivity contribution < 1.29 is 13.9 Å². The van der Waals surface area contributed by atoms with Gasteiger partial charge >= 0.3 is 0 Å². The zero-order chi connectivity index (χ0) is 21.1. The number of fused-ring (bicyclic) bond motifs is 1. The van der Waals surface area contributed by atoms with Gasteiger partial charge in [-0.1, -0.05) is 30.0 Å². The SMILES string of the molecule is COc1ccc(Cn2c(SCc3ccc(OC)c(F)c3)nc3ccsc3c2=O)cc1. The van der Waals surface area contributed by atoms with E-state index in [4.69, 9.17) is 14.5 Å². The maximum Gasteiger partial charge on any atom is 0.272 e. The fraction of sp³-hybridized carbons (Fsp3) is 0.182. The van der Waals surface area contributed by atoms with E-state index < -0.39 is 5.82 Å². The van der Waals surface area contributed by atoms with E-state index in [1.165, 1.54) is 36.3 Å². The lowest BCUT2D eigenvalue weighted by molar-refractivity contribution is 0.386. The van der Waals surface area contributed by atoms with Crippen LogP contribution in [-0.4, -0.2) is 23.8 Å². The van der Waals surface area contributed by atoms with Crippen LogP contribution in [0.1, 0.15) is 11.1 Å². The van der Waals surface area contributed by atoms with E-state index in [0.717, 1.165) is 16.9 Å². The molecule has 0 radical (unpaired) electrons. The molecule has 8 heteroatoms. The molecule has 2 aromatic heterocycles. The second-order valence-corrected chi connectivity index (χ2v) is 8.38. The largest absolute Gasteiger partial charge is 0.497 e. The summed E-state index contributed by atoms with van der Waals surface area (Å²) in [5.41, 5.74) is 2.36. The van der Waals surface area contributed by atoms with E-state index in [-0.39, 0.29) is 11.3 Å². The van der Waals surface area contributed by atoms with Gasteiger partial charge in [0, 0.05) is 5.75 Å². The van der Waals surface area contributed by atoms with Gasteiger partial charge in [0.2, 0.25) is 0 Å². The maximum atomic E-state index is 14.0. The molecule has 0 amide bonds. The number of hydrogen-bond acceptors (Lipinski definition) is 6. The Morgan fingerprint density at radius 2 is 1.83 bits per heavy atom. The molecule has 0 N–H and O–H groups in total. The summed E-state index contributed by atoms with van der Waals surface area (Å²) in [5.74, 6) is 1.03. The summed E-state index contributed by atoms with van der Waals surface area (Å²) in [6.07, 6.45) is 0. The lowest BCUT2D eigenvalue weighted by Crippen LogP contribution is -2.23. The van der Waals surface area contributed by atoms with Crippen molar-refractivity contribution >= 4 is 33.3 Å². The summed E-state index contributed by atoms with van der Waals surface area (Å²) in [4.78, 5) is 17.8. The van der Waals surface area contributed by atoms with Gasteiger partial charge in [0.1, 0.15) is 10.4 Å². The van der Waals surface area contributed by atoms with Crippen molar-refractivity contribution in [3.63, 3.8) is 0 Å². The molecule has 0 aliphatic carbocycles. The van der Waals surface area contributed by atoms with Gasteiger partial charge in [0.15, 0.2) is 16.7 Å². The second kappa shape index (κ2) is 8.89. The molecule has 2 heterocycles. The van der Waals surface area contributed by atoms with E-state index in [1.807, 2.05) is 41.8 Å². The van der Waals surface area contributed by atoms with Gasteiger partial charge in [-0.3, -0.25) is 9.36 Å². The Hall–Kier alpha value is -2.84. The standard InChI is InChI=1S/C22H19FN2O3S2/c1-27-16-6-3-14(4-7-16)12-25-21(26)20-18(9-10-29-20)24-22(25)30-13-15-5-8-19(28-2)17(23)11-15/h3-11H,12-13H2,1-2H3. The summed E-state index contributed by atoms with van der Waals surface area (Å²) in [7, 11) is 3.05. The van der Waals surface area contributed by atoms with Crippen LogP contribution in [0.2, 0.25) is 0 Å². The number of nitrogens with zero attached hydrogens (tertiary/aromatic N) is 2. The normalized spacial score (nSPS) is 11.0. The number of hydrogen-bond donors (Lipinski definition) is 0. The molecule has 0 unspecified atom stereocenters. The molecule has 0 aliphatic rings. The van der Waals surface area contributed by atoms with E-state index in [1.54, 1.807) is 17.7 Å². The Labute approximate surface area is 181 Å². The fourth-order valence-electron chi connectivity index (χ4n) is 3.03. The van der Waals surface area contributed by atoms with Crippen LogP contribution >= 0.6 is 23.1 Å². The number of halogens is 1. The molecule has 0 saturated heterocycles. The Morgan fingerprint density at radius 3 is 2.53 bits per heavy atom. The van der Waals surface area contributed by atoms with E-state index in [9.17, 15) is 9.18 Å². The Kier molecular flexibility index (Phi) is 6.06. The lowest BCUT2D eigenvalue weighted by atomic mass is 10.2. The molecule has 4 aromatic rings. The van der Waals surface area contributed by atoms with Crippen molar-refractivity contribution in [3.05, 3.63) is 81.2 Å². The average molecular weight is 443 g/mol. The quantitative estimate of drug-likeness (QED) is 0.299. The van der Waals surface area contributed by atoms with Crippen LogP contribution in [0.15, 0.2) is 63.9 Å². The molecule has 0 saturated carbocycles. The van der Waals surface area contributed by atoms with Crippen molar-refractivity contribution in [1.29, 1.82) is 0 Å². The van der Waals surface area contributed by atoms with Crippen LogP contribution in [0, 0.1) is 5.82 Å². The Bertz CT molecular complexity index is 1240. The third-order valence-corrected chi connectivity index (χ3v) is 6.55. The molecule has 0 bridgehead atoms. The monoisotopic (exact) mass is 442 g/mol. The van der Waals surface area contributed by atoms with Gasteiger partial charge in [-0.2, -0.15) is 0 Å². The number of thioether (sulfide) groups is 1. The van der Waals surface area contributed by atoms with Gasteiger partial charge in [-0.05, 0) is 46.8 Å². The number of methoxy groups -OCH3 is 2. The number of ether oxygens (including phenoxy) is 2. The van der Waals surface area contributed by atoms with Gasteiger partial charge in [-0.15, -0.1) is 11.3 Å². The number of benzene rings is 2. The zero-order valence-electron chi connectivity index (χ0n) is 16.4. The molecular weight excluding hydrogens is 423 g/mol. The van der Waals surface area contributed by atoms with Crippen molar-refractivity contribution in [2.24, 2.45) is 0 Å². The highest BCUT2D eigenvalue weighted by Crippen LogP contribution is 2.27. The van der Waals surface area contributed by atoms with Gasteiger partial charge in [0.05, 0.1) is 26.3 Å². The van der Waals surface area contributed by atoms with Crippen LogP contribution in [0.25, 0.3) is 10.2 Å². The highest BCUT2D eigenvalue weighted by Gasteiger charge is 2.14. The first-order valence-corrected chi connectivity index (χ1v) is 11.0. The van der Waals surface area contributed by atoms with Crippen LogP contribution < -0.4 is 15.0 Å². The van der Waals surface area contributed by atoms with Crippen molar-refractivity contribution in [2.75, 3.05) is 14.2 Å². The zero-order valence-corrected chi connectivity index (χ0v) is 18.1. The third-order valence-electron chi connectivity index (χ3n) is 4.61. The maximum absolute atomic E-state index is 14.0. The smallest absolute Gasteiger partial charge is 0.272 e. The van der Waals surface area contributed by atoms with Crippen LogP contribution in [-0.2, 0) is 12.3 Å². The molecule has 0 fully saturated rings. The van der Waals surface area contributed by atoms with Crippen LogP contribution in [0.3, 0.4) is 0 Å². The van der Waals surface area contributed by atoms with Gasteiger partial charge in [-0.25, -0.2) is 9.37 Å². The fourth-order valence-corrected chi connectivity index (χ4v) is 4.75. The summed E-state index contributed by atoms with van der Waals surface area (Å²) >= 11 is 2.79. The summed E-state index contributed by atoms with van der Waals surface area (Å²) < 4.78 is 26.5. The predicted molar refractivity (Wildman–Crippen MR) is 118 cm³/mol. The molecule has 0 atom stereocenters. The van der Waals surface area contributed by atoms with E-state index >= 15 is 0 Å². The summed E-state index contributed by atoms with van der Waals surface area (Å²) in [5, 5.41) is 2.46. The number of thiophene rings is 1. The van der Waals surface area contributed by atoms with Gasteiger partial charge in [0.25, 0.3) is 5.56 Å². The minimum Gasteiger partial charge on any atom is -0.497 e. The molecule has 30 heavy (non-hydrogen) atoms. The summed E-state index contributed by atoms with van der Waals surface area (Å²) in [6.45, 7) is 0.392. The first-order valence-electron chi connectivity index (χ1n) is 9.15. The van der Waals surface area contributed by atoms with E-state index in [0.29, 0.717) is 27.7 Å². The molecular formula is C22H19FN2O3S2. The average Bonchev–Trinajstić information content (AvgIpc) is 3.24. The van der Waals surface area contributed by atoms with Crippen LogP contribution in [0.4, 0.5) is 4.39 Å². The number of rotatable bonds is 7.